The van der Waals surface area contributed by atoms with E-state index < -0.39 is 0 Å². The summed E-state index contributed by atoms with van der Waals surface area (Å²) in [5, 5.41) is 14.8. The number of rotatable bonds is 6. The predicted octanol–water partition coefficient (Wildman–Crippen LogP) is 2.16. The minimum atomic E-state index is -0.0812. The summed E-state index contributed by atoms with van der Waals surface area (Å²) in [6.45, 7) is 1.89. The highest BCUT2D eigenvalue weighted by Gasteiger charge is 2.26. The van der Waals surface area contributed by atoms with Crippen LogP contribution in [-0.4, -0.2) is 44.7 Å². The molecule has 1 amide bonds. The van der Waals surface area contributed by atoms with Gasteiger partial charge in [0.25, 0.3) is 0 Å². The molecule has 0 atom stereocenters. The van der Waals surface area contributed by atoms with Gasteiger partial charge in [0.1, 0.15) is 11.5 Å². The first-order valence-corrected chi connectivity index (χ1v) is 9.02. The minimum absolute atomic E-state index is 0.0812. The Morgan fingerprint density at radius 3 is 2.44 bits per heavy atom. The van der Waals surface area contributed by atoms with Gasteiger partial charge in [-0.3, -0.25) is 9.69 Å². The van der Waals surface area contributed by atoms with Gasteiger partial charge in [0.15, 0.2) is 11.9 Å². The number of piperidine rings is 1. The number of nitrogens with one attached hydrogen (secondary N) is 1. The average molecular weight is 371 g/mol. The maximum atomic E-state index is 12.4. The molecule has 7 heteroatoms. The molecular weight excluding hydrogens is 346 g/mol. The lowest BCUT2D eigenvalue weighted by Gasteiger charge is -2.30. The lowest BCUT2D eigenvalue weighted by molar-refractivity contribution is -0.616. The van der Waals surface area contributed by atoms with Crippen molar-refractivity contribution in [2.75, 3.05) is 39.2 Å². The number of amides is 1. The van der Waals surface area contributed by atoms with E-state index in [-0.39, 0.29) is 11.8 Å². The lowest BCUT2D eigenvalue weighted by Crippen LogP contribution is -2.41. The topological polar surface area (TPSA) is 77.7 Å². The lowest BCUT2D eigenvalue weighted by atomic mass is 9.93. The van der Waals surface area contributed by atoms with Crippen LogP contribution in [0.4, 0.5) is 5.69 Å². The van der Waals surface area contributed by atoms with Gasteiger partial charge in [-0.2, -0.15) is 4.73 Å². The number of methoxy groups -OCH3 is 2. The van der Waals surface area contributed by atoms with Gasteiger partial charge in [-0.15, -0.1) is 0 Å². The van der Waals surface area contributed by atoms with Crippen molar-refractivity contribution in [2.45, 2.75) is 18.8 Å². The molecule has 0 bridgehead atoms. The molecule has 7 nitrogen and oxygen atoms in total. The van der Waals surface area contributed by atoms with E-state index in [1.165, 1.54) is 6.20 Å². The maximum absolute atomic E-state index is 12.4. The van der Waals surface area contributed by atoms with E-state index in [0.29, 0.717) is 23.7 Å². The van der Waals surface area contributed by atoms with Gasteiger partial charge in [-0.05, 0) is 25.9 Å². The fraction of sp³-hybridized carbons (Fsp3) is 0.400. The third-order valence-electron chi connectivity index (χ3n) is 4.86. The van der Waals surface area contributed by atoms with Gasteiger partial charge in [0.2, 0.25) is 5.91 Å². The first kappa shape index (κ1) is 19.0. The molecule has 1 aliphatic heterocycles. The van der Waals surface area contributed by atoms with Crippen molar-refractivity contribution in [2.24, 2.45) is 0 Å². The number of benzene rings is 1. The highest BCUT2D eigenvalue weighted by molar-refractivity contribution is 5.92. The summed E-state index contributed by atoms with van der Waals surface area (Å²) in [6.07, 6.45) is 3.27. The number of hydrogen-bond donors (Lipinski definition) is 1. The van der Waals surface area contributed by atoms with Gasteiger partial charge in [0.05, 0.1) is 20.8 Å². The molecule has 1 aliphatic rings. The molecule has 1 fully saturated rings. The summed E-state index contributed by atoms with van der Waals surface area (Å²) in [7, 11) is 3.14. The molecule has 1 saturated heterocycles. The van der Waals surface area contributed by atoms with E-state index in [2.05, 4.69) is 10.2 Å². The summed E-state index contributed by atoms with van der Waals surface area (Å²) in [6, 6.07) is 10.8. The Hall–Kier alpha value is -2.80. The number of ether oxygens (including phenoxy) is 2. The molecule has 1 aromatic carbocycles. The number of carbonyl (C=O) groups excluding carboxylic acids is 1. The molecule has 2 heterocycles. The fourth-order valence-corrected chi connectivity index (χ4v) is 3.43. The van der Waals surface area contributed by atoms with E-state index in [9.17, 15) is 10.0 Å². The Kier molecular flexibility index (Phi) is 6.13. The van der Waals surface area contributed by atoms with Crippen molar-refractivity contribution in [3.8, 4) is 11.5 Å². The number of likely N-dealkylation sites (tertiary alicyclic amines) is 1. The number of aromatic nitrogens is 1. The monoisotopic (exact) mass is 371 g/mol. The Balaban J connectivity index is 1.53. The highest BCUT2D eigenvalue weighted by atomic mass is 16.5. The molecule has 0 radical (unpaired) electrons. The largest absolute Gasteiger partial charge is 0.618 e. The van der Waals surface area contributed by atoms with E-state index in [1.54, 1.807) is 38.5 Å². The molecule has 0 spiro atoms. The molecule has 3 rings (SSSR count). The van der Waals surface area contributed by atoms with Crippen molar-refractivity contribution in [1.29, 1.82) is 0 Å². The van der Waals surface area contributed by atoms with E-state index in [0.717, 1.165) is 36.4 Å². The summed E-state index contributed by atoms with van der Waals surface area (Å²) in [4.78, 5) is 14.5. The third-order valence-corrected chi connectivity index (χ3v) is 4.86. The Bertz CT molecular complexity index is 766. The fourth-order valence-electron chi connectivity index (χ4n) is 3.43. The van der Waals surface area contributed by atoms with Crippen LogP contribution >= 0.6 is 0 Å². The normalized spacial score (nSPS) is 15.3. The third kappa shape index (κ3) is 4.89. The van der Waals surface area contributed by atoms with E-state index in [1.807, 2.05) is 12.1 Å². The second-order valence-corrected chi connectivity index (χ2v) is 6.65. The zero-order valence-electron chi connectivity index (χ0n) is 15.7. The van der Waals surface area contributed by atoms with Gasteiger partial charge < -0.3 is 20.0 Å². The van der Waals surface area contributed by atoms with Crippen LogP contribution < -0.4 is 19.5 Å². The predicted molar refractivity (Wildman–Crippen MR) is 102 cm³/mol. The van der Waals surface area contributed by atoms with Crippen LogP contribution in [0.15, 0.2) is 42.6 Å². The van der Waals surface area contributed by atoms with Crippen LogP contribution in [0.1, 0.15) is 24.5 Å². The maximum Gasteiger partial charge on any atom is 0.238 e. The molecule has 144 valence electrons. The van der Waals surface area contributed by atoms with Gasteiger partial charge in [0, 0.05) is 41.9 Å². The summed E-state index contributed by atoms with van der Waals surface area (Å²) in [5.41, 5.74) is 1.45. The molecule has 27 heavy (non-hydrogen) atoms. The highest BCUT2D eigenvalue weighted by Crippen LogP contribution is 2.27. The van der Waals surface area contributed by atoms with Crippen molar-refractivity contribution < 1.29 is 19.0 Å². The number of carbonyl (C=O) groups is 1. The first-order chi connectivity index (χ1) is 13.1. The smallest absolute Gasteiger partial charge is 0.238 e. The Morgan fingerprint density at radius 2 is 1.85 bits per heavy atom. The molecule has 1 N–H and O–H groups in total. The standard InChI is InChI=1S/C20H25N3O4/c1-26-17-11-16(12-18(13-17)27-2)21-20(24)14-22-9-6-15(7-10-22)19-5-3-4-8-23(19)25/h3-5,8,11-13,15H,6-7,9-10,14H2,1-2H3,(H,21,24). The quantitative estimate of drug-likeness (QED) is 0.622. The van der Waals surface area contributed by atoms with Gasteiger partial charge in [-0.25, -0.2) is 0 Å². The van der Waals surface area contributed by atoms with Gasteiger partial charge in [-0.1, -0.05) is 6.07 Å². The van der Waals surface area contributed by atoms with Crippen molar-refractivity contribution >= 4 is 11.6 Å². The van der Waals surface area contributed by atoms with Gasteiger partial charge >= 0.3 is 0 Å². The molecule has 0 saturated carbocycles. The second kappa shape index (κ2) is 8.73. The van der Waals surface area contributed by atoms with Crippen molar-refractivity contribution in [3.63, 3.8) is 0 Å². The minimum Gasteiger partial charge on any atom is -0.618 e. The van der Waals surface area contributed by atoms with Crippen molar-refractivity contribution in [1.82, 2.24) is 4.90 Å². The summed E-state index contributed by atoms with van der Waals surface area (Å²) in [5.74, 6) is 1.41. The molecule has 1 aromatic heterocycles. The Labute approximate surface area is 159 Å². The number of anilines is 1. The SMILES string of the molecule is COc1cc(NC(=O)CN2CCC(c3cccc[n+]3[O-])CC2)cc(OC)c1. The second-order valence-electron chi connectivity index (χ2n) is 6.65. The van der Waals surface area contributed by atoms with Crippen LogP contribution in [-0.2, 0) is 4.79 Å². The zero-order valence-corrected chi connectivity index (χ0v) is 15.7. The summed E-state index contributed by atoms with van der Waals surface area (Å²) >= 11 is 0. The molecule has 0 unspecified atom stereocenters. The van der Waals surface area contributed by atoms with Crippen LogP contribution in [0.5, 0.6) is 11.5 Å². The van der Waals surface area contributed by atoms with Crippen LogP contribution in [0.2, 0.25) is 0 Å². The molecular formula is C20H25N3O4. The Morgan fingerprint density at radius 1 is 1.19 bits per heavy atom. The molecule has 0 aliphatic carbocycles. The van der Waals surface area contributed by atoms with Crippen LogP contribution in [0.3, 0.4) is 0 Å². The van der Waals surface area contributed by atoms with E-state index >= 15 is 0 Å². The first-order valence-electron chi connectivity index (χ1n) is 9.02. The number of pyridine rings is 1. The van der Waals surface area contributed by atoms with Crippen LogP contribution in [0.25, 0.3) is 0 Å². The zero-order chi connectivity index (χ0) is 19.2. The van der Waals surface area contributed by atoms with Crippen molar-refractivity contribution in [3.05, 3.63) is 53.5 Å². The van der Waals surface area contributed by atoms with Crippen LogP contribution in [0, 0.1) is 5.21 Å². The average Bonchev–Trinajstić information content (AvgIpc) is 2.68. The van der Waals surface area contributed by atoms with E-state index in [4.69, 9.17) is 9.47 Å². The summed E-state index contributed by atoms with van der Waals surface area (Å²) < 4.78 is 11.4. The number of nitrogens with zero attached hydrogens (tertiary/aromatic N) is 2. The molecule has 2 aromatic rings. The number of hydrogen-bond acceptors (Lipinski definition) is 5.